The van der Waals surface area contributed by atoms with Gasteiger partial charge in [0.15, 0.2) is 0 Å². The van der Waals surface area contributed by atoms with Gasteiger partial charge >= 0.3 is 0 Å². The zero-order chi connectivity index (χ0) is 16.6. The van der Waals surface area contributed by atoms with Crippen LogP contribution in [0, 0.1) is 6.92 Å². The van der Waals surface area contributed by atoms with Crippen LogP contribution < -0.4 is 4.72 Å². The van der Waals surface area contributed by atoms with Crippen molar-refractivity contribution in [2.75, 3.05) is 0 Å². The van der Waals surface area contributed by atoms with E-state index in [1.165, 1.54) is 4.68 Å². The van der Waals surface area contributed by atoms with Crippen molar-refractivity contribution in [3.8, 4) is 0 Å². The van der Waals surface area contributed by atoms with Gasteiger partial charge in [0.05, 0.1) is 5.69 Å². The molecule has 0 saturated heterocycles. The minimum Gasteiger partial charge on any atom is -0.255 e. The molecule has 1 aromatic heterocycles. The number of halogens is 1. The fraction of sp³-hybridized carbons (Fsp3) is 0.188. The fourth-order valence-corrected chi connectivity index (χ4v) is 4.36. The second-order valence-electron chi connectivity index (χ2n) is 5.29. The van der Waals surface area contributed by atoms with Gasteiger partial charge in [-0.2, -0.15) is 5.10 Å². The van der Waals surface area contributed by atoms with Gasteiger partial charge in [0.25, 0.3) is 0 Å². The van der Waals surface area contributed by atoms with E-state index in [1.807, 2.05) is 42.5 Å². The lowest BCUT2D eigenvalue weighted by atomic mass is 10.1. The Bertz CT molecular complexity index is 975. The summed E-state index contributed by atoms with van der Waals surface area (Å²) >= 11 is 6.06. The first-order chi connectivity index (χ1) is 10.9. The van der Waals surface area contributed by atoms with Crippen LogP contribution in [0.1, 0.15) is 11.3 Å². The number of benzene rings is 2. The molecule has 0 aliphatic rings. The highest BCUT2D eigenvalue weighted by molar-refractivity contribution is 7.89. The molecule has 3 aromatic rings. The number of aromatic nitrogens is 2. The molecule has 0 bridgehead atoms. The topological polar surface area (TPSA) is 64.0 Å². The number of fused-ring (bicyclic) bond motifs is 1. The Kier molecular flexibility index (Phi) is 4.14. The summed E-state index contributed by atoms with van der Waals surface area (Å²) < 4.78 is 29.1. The van der Waals surface area contributed by atoms with Crippen LogP contribution in [-0.2, 0) is 23.6 Å². The summed E-state index contributed by atoms with van der Waals surface area (Å²) in [5.74, 6) is 0. The number of hydrogen-bond donors (Lipinski definition) is 1. The highest BCUT2D eigenvalue weighted by Crippen LogP contribution is 2.25. The van der Waals surface area contributed by atoms with Gasteiger partial charge in [0.1, 0.15) is 10.0 Å². The van der Waals surface area contributed by atoms with Crippen molar-refractivity contribution in [3.05, 3.63) is 58.9 Å². The van der Waals surface area contributed by atoms with Crippen molar-refractivity contribution in [2.45, 2.75) is 18.4 Å². The van der Waals surface area contributed by atoms with E-state index in [2.05, 4.69) is 9.82 Å². The van der Waals surface area contributed by atoms with Crippen LogP contribution in [0.4, 0.5) is 0 Å². The smallest absolute Gasteiger partial charge is 0.245 e. The molecular formula is C16H16ClN3O2S. The second kappa shape index (κ2) is 5.96. The number of sulfonamides is 1. The van der Waals surface area contributed by atoms with Crippen LogP contribution in [0.5, 0.6) is 0 Å². The van der Waals surface area contributed by atoms with Crippen molar-refractivity contribution < 1.29 is 8.42 Å². The molecule has 7 heteroatoms. The molecule has 120 valence electrons. The van der Waals surface area contributed by atoms with E-state index in [-0.39, 0.29) is 16.6 Å². The van der Waals surface area contributed by atoms with Gasteiger partial charge in [0, 0.05) is 13.6 Å². The summed E-state index contributed by atoms with van der Waals surface area (Å²) in [6.07, 6.45) is 0. The first-order valence-corrected chi connectivity index (χ1v) is 8.91. The lowest BCUT2D eigenvalue weighted by molar-refractivity contribution is 0.581. The van der Waals surface area contributed by atoms with E-state index in [1.54, 1.807) is 14.0 Å². The minimum absolute atomic E-state index is 0.0295. The molecule has 1 heterocycles. The predicted octanol–water partition coefficient (Wildman–Crippen LogP) is 3.01. The summed E-state index contributed by atoms with van der Waals surface area (Å²) in [7, 11) is -2.12. The predicted molar refractivity (Wildman–Crippen MR) is 90.9 cm³/mol. The number of aryl methyl sites for hydroxylation is 2. The number of nitrogens with zero attached hydrogens (tertiary/aromatic N) is 2. The quantitative estimate of drug-likeness (QED) is 0.787. The van der Waals surface area contributed by atoms with E-state index in [4.69, 9.17) is 11.6 Å². The van der Waals surface area contributed by atoms with Gasteiger partial charge in [-0.05, 0) is 23.3 Å². The largest absolute Gasteiger partial charge is 0.255 e. The van der Waals surface area contributed by atoms with E-state index in [0.717, 1.165) is 16.3 Å². The molecule has 3 rings (SSSR count). The molecule has 0 fully saturated rings. The first-order valence-electron chi connectivity index (χ1n) is 7.05. The fourth-order valence-electron chi connectivity index (χ4n) is 2.61. The molecule has 0 spiro atoms. The molecule has 0 aliphatic carbocycles. The average Bonchev–Trinajstić information content (AvgIpc) is 2.78. The van der Waals surface area contributed by atoms with E-state index in [9.17, 15) is 8.42 Å². The Balaban J connectivity index is 1.93. The Morgan fingerprint density at radius 3 is 2.57 bits per heavy atom. The van der Waals surface area contributed by atoms with Gasteiger partial charge in [0.2, 0.25) is 10.0 Å². The van der Waals surface area contributed by atoms with Gasteiger partial charge < -0.3 is 0 Å². The van der Waals surface area contributed by atoms with Crippen molar-refractivity contribution in [1.29, 1.82) is 0 Å². The third kappa shape index (κ3) is 2.97. The third-order valence-electron chi connectivity index (χ3n) is 3.70. The number of nitrogens with one attached hydrogen (secondary N) is 1. The lowest BCUT2D eigenvalue weighted by Crippen LogP contribution is -2.24. The molecule has 0 atom stereocenters. The van der Waals surface area contributed by atoms with Gasteiger partial charge in [-0.25, -0.2) is 13.1 Å². The lowest BCUT2D eigenvalue weighted by Gasteiger charge is -2.09. The van der Waals surface area contributed by atoms with Crippen molar-refractivity contribution >= 4 is 32.4 Å². The molecule has 2 aromatic carbocycles. The van der Waals surface area contributed by atoms with Crippen molar-refractivity contribution in [2.24, 2.45) is 7.05 Å². The normalized spacial score (nSPS) is 12.0. The van der Waals surface area contributed by atoms with Crippen LogP contribution >= 0.6 is 11.6 Å². The molecule has 5 nitrogen and oxygen atoms in total. The number of hydrogen-bond acceptors (Lipinski definition) is 3. The maximum Gasteiger partial charge on any atom is 0.245 e. The Morgan fingerprint density at radius 1 is 1.17 bits per heavy atom. The van der Waals surface area contributed by atoms with E-state index < -0.39 is 10.0 Å². The van der Waals surface area contributed by atoms with Gasteiger partial charge in [-0.1, -0.05) is 54.1 Å². The highest BCUT2D eigenvalue weighted by atomic mass is 35.5. The number of rotatable bonds is 4. The Labute approximate surface area is 139 Å². The Hall–Kier alpha value is -1.89. The second-order valence-corrected chi connectivity index (χ2v) is 7.35. The summed E-state index contributed by atoms with van der Waals surface area (Å²) in [6, 6.07) is 13.7. The highest BCUT2D eigenvalue weighted by Gasteiger charge is 2.24. The van der Waals surface area contributed by atoms with Crippen LogP contribution in [0.25, 0.3) is 10.8 Å². The summed E-state index contributed by atoms with van der Waals surface area (Å²) in [6.45, 7) is 1.81. The summed E-state index contributed by atoms with van der Waals surface area (Å²) in [5, 5.41) is 6.24. The molecule has 1 N–H and O–H groups in total. The maximum atomic E-state index is 12.5. The van der Waals surface area contributed by atoms with Gasteiger partial charge in [-0.15, -0.1) is 0 Å². The molecular weight excluding hydrogens is 334 g/mol. The van der Waals surface area contributed by atoms with Gasteiger partial charge in [-0.3, -0.25) is 4.68 Å². The third-order valence-corrected chi connectivity index (χ3v) is 5.80. The van der Waals surface area contributed by atoms with Crippen LogP contribution in [0.15, 0.2) is 47.4 Å². The molecule has 0 aliphatic heterocycles. The summed E-state index contributed by atoms with van der Waals surface area (Å²) in [5.41, 5.74) is 1.28. The monoisotopic (exact) mass is 349 g/mol. The zero-order valence-electron chi connectivity index (χ0n) is 12.7. The molecule has 0 radical (unpaired) electrons. The average molecular weight is 350 g/mol. The molecule has 0 unspecified atom stereocenters. The zero-order valence-corrected chi connectivity index (χ0v) is 14.3. The van der Waals surface area contributed by atoms with Crippen LogP contribution in [0.2, 0.25) is 5.15 Å². The van der Waals surface area contributed by atoms with Crippen LogP contribution in [-0.4, -0.2) is 18.2 Å². The van der Waals surface area contributed by atoms with Crippen LogP contribution in [0.3, 0.4) is 0 Å². The van der Waals surface area contributed by atoms with E-state index in [0.29, 0.717) is 5.69 Å². The molecule has 23 heavy (non-hydrogen) atoms. The van der Waals surface area contributed by atoms with E-state index >= 15 is 0 Å². The summed E-state index contributed by atoms with van der Waals surface area (Å²) in [4.78, 5) is 0.0295. The standard InChI is InChI=1S/C16H16ClN3O2S/c1-11-15(16(17)20(2)19-11)23(21,22)18-10-13-8-5-7-12-6-3-4-9-14(12)13/h3-9,18H,10H2,1-2H3. The van der Waals surface area contributed by atoms with Crippen molar-refractivity contribution in [1.82, 2.24) is 14.5 Å². The maximum absolute atomic E-state index is 12.5. The first kappa shape index (κ1) is 16.0. The minimum atomic E-state index is -3.73. The van der Waals surface area contributed by atoms with Crippen molar-refractivity contribution in [3.63, 3.8) is 0 Å². The molecule has 0 saturated carbocycles. The molecule has 0 amide bonds. The SMILES string of the molecule is Cc1nn(C)c(Cl)c1S(=O)(=O)NCc1cccc2ccccc12. The Morgan fingerprint density at radius 2 is 1.87 bits per heavy atom.